The third-order valence-electron chi connectivity index (χ3n) is 7.82. The van der Waals surface area contributed by atoms with E-state index < -0.39 is 17.2 Å². The first-order chi connectivity index (χ1) is 22.9. The highest BCUT2D eigenvalue weighted by Crippen LogP contribution is 2.38. The fraction of sp³-hybridized carbons (Fsp3) is 0.250. The van der Waals surface area contributed by atoms with Crippen LogP contribution in [0.5, 0.6) is 34.5 Å². The summed E-state index contributed by atoms with van der Waals surface area (Å²) in [5.41, 5.74) is 0.961. The maximum absolute atomic E-state index is 15.3. The first-order valence-corrected chi connectivity index (χ1v) is 16.6. The van der Waals surface area contributed by atoms with Crippen molar-refractivity contribution in [2.24, 2.45) is 0 Å². The molecule has 1 unspecified atom stereocenters. The van der Waals surface area contributed by atoms with E-state index in [4.69, 9.17) is 18.9 Å². The van der Waals surface area contributed by atoms with Gasteiger partial charge in [0.1, 0.15) is 28.6 Å². The van der Waals surface area contributed by atoms with Crippen LogP contribution in [0.25, 0.3) is 10.9 Å². The topological polar surface area (TPSA) is 91.4 Å². The van der Waals surface area contributed by atoms with E-state index in [1.165, 1.54) is 12.1 Å². The van der Waals surface area contributed by atoms with E-state index in [0.717, 1.165) is 39.1 Å². The van der Waals surface area contributed by atoms with E-state index in [0.29, 0.717) is 56.8 Å². The molecule has 11 heteroatoms. The number of nitrogens with one attached hydrogen (secondary N) is 1. The largest absolute Gasteiger partial charge is 0.588 e. The number of nitrogens with zero attached hydrogens (tertiary/aromatic N) is 3. The number of ether oxygens (including phenoxy) is 4. The zero-order chi connectivity index (χ0) is 32.6. The van der Waals surface area contributed by atoms with Crippen molar-refractivity contribution in [1.82, 2.24) is 14.8 Å². The normalized spacial score (nSPS) is 14.5. The van der Waals surface area contributed by atoms with Crippen LogP contribution in [0.2, 0.25) is 0 Å². The van der Waals surface area contributed by atoms with E-state index in [1.54, 1.807) is 55.8 Å². The summed E-state index contributed by atoms with van der Waals surface area (Å²) in [5.74, 6) is 2.14. The number of rotatable bonds is 13. The first-order valence-electron chi connectivity index (χ1n) is 15.4. The van der Waals surface area contributed by atoms with Crippen molar-refractivity contribution in [3.8, 4) is 34.5 Å². The zero-order valence-corrected chi connectivity index (χ0v) is 27.2. The Morgan fingerprint density at radius 1 is 0.830 bits per heavy atom. The predicted octanol–water partition coefficient (Wildman–Crippen LogP) is 7.12. The van der Waals surface area contributed by atoms with Crippen molar-refractivity contribution < 1.29 is 27.9 Å². The molecule has 5 aromatic rings. The summed E-state index contributed by atoms with van der Waals surface area (Å²) in [4.78, 5) is 9.76. The Kier molecular flexibility index (Phi) is 10.6. The molecule has 0 spiro atoms. The molecular weight excluding hydrogens is 619 g/mol. The Morgan fingerprint density at radius 3 is 2.43 bits per heavy atom. The monoisotopic (exact) mass is 656 g/mol. The summed E-state index contributed by atoms with van der Waals surface area (Å²) < 4.78 is 54.8. The molecule has 1 atom stereocenters. The molecule has 1 aliphatic heterocycles. The van der Waals surface area contributed by atoms with Gasteiger partial charge in [-0.05, 0) is 62.0 Å². The van der Waals surface area contributed by atoms with E-state index >= 15 is 4.39 Å². The highest BCUT2D eigenvalue weighted by Gasteiger charge is 2.18. The molecule has 1 aromatic heterocycles. The molecule has 1 fully saturated rings. The minimum Gasteiger partial charge on any atom is -0.588 e. The number of fused-ring (bicyclic) bond motifs is 1. The average molecular weight is 657 g/mol. The van der Waals surface area contributed by atoms with Gasteiger partial charge in [0.2, 0.25) is 0 Å². The Balaban J connectivity index is 1.10. The highest BCUT2D eigenvalue weighted by molar-refractivity contribution is 7.92. The fourth-order valence-electron chi connectivity index (χ4n) is 5.24. The van der Waals surface area contributed by atoms with Gasteiger partial charge in [0.25, 0.3) is 0 Å². The summed E-state index contributed by atoms with van der Waals surface area (Å²) in [6.07, 6.45) is 2.50. The number of anilines is 1. The molecule has 0 bridgehead atoms. The molecule has 1 saturated heterocycles. The van der Waals surface area contributed by atoms with Crippen LogP contribution in [-0.2, 0) is 11.4 Å². The van der Waals surface area contributed by atoms with Gasteiger partial charge in [-0.3, -0.25) is 4.98 Å². The molecular formula is C36H37FN4O5S. The predicted molar refractivity (Wildman–Crippen MR) is 182 cm³/mol. The van der Waals surface area contributed by atoms with Gasteiger partial charge in [0, 0.05) is 62.5 Å². The maximum atomic E-state index is 15.3. The van der Waals surface area contributed by atoms with Gasteiger partial charge in [-0.1, -0.05) is 24.3 Å². The van der Waals surface area contributed by atoms with E-state index in [2.05, 4.69) is 26.6 Å². The van der Waals surface area contributed by atoms with E-state index in [9.17, 15) is 4.55 Å². The number of pyridine rings is 1. The van der Waals surface area contributed by atoms with Gasteiger partial charge in [0.05, 0.1) is 24.9 Å². The van der Waals surface area contributed by atoms with Crippen LogP contribution in [0.1, 0.15) is 6.42 Å². The second kappa shape index (κ2) is 15.4. The van der Waals surface area contributed by atoms with Gasteiger partial charge in [-0.2, -0.15) is 0 Å². The van der Waals surface area contributed by atoms with Crippen LogP contribution in [0.15, 0.2) is 102 Å². The molecule has 2 heterocycles. The Morgan fingerprint density at radius 2 is 1.64 bits per heavy atom. The maximum Gasteiger partial charge on any atom is 0.183 e. The molecule has 1 aliphatic rings. The van der Waals surface area contributed by atoms with Crippen LogP contribution >= 0.6 is 0 Å². The van der Waals surface area contributed by atoms with Crippen LogP contribution in [0.4, 0.5) is 10.1 Å². The second-order valence-electron chi connectivity index (χ2n) is 11.2. The Hall–Kier alpha value is -4.55. The van der Waals surface area contributed by atoms with Crippen molar-refractivity contribution in [3.63, 3.8) is 0 Å². The molecule has 0 radical (unpaired) electrons. The SMILES string of the molecule is COc1cc2c(Oc3ccc(N[S+]([O-])c4cccc(Oc5ccccc5)c4)cc3F)ccnc2cc1OCCCN1CCN(C)CC1. The van der Waals surface area contributed by atoms with E-state index in [-0.39, 0.29) is 5.75 Å². The molecule has 1 N–H and O–H groups in total. The van der Waals surface area contributed by atoms with Gasteiger partial charge in [-0.25, -0.2) is 9.11 Å². The number of piperazine rings is 1. The van der Waals surface area contributed by atoms with Gasteiger partial charge in [0.15, 0.2) is 28.0 Å². The summed E-state index contributed by atoms with van der Waals surface area (Å²) in [6, 6.07) is 25.9. The van der Waals surface area contributed by atoms with Crippen LogP contribution in [0, 0.1) is 5.82 Å². The molecule has 0 amide bonds. The van der Waals surface area contributed by atoms with Crippen LogP contribution in [0.3, 0.4) is 0 Å². The third kappa shape index (κ3) is 8.44. The van der Waals surface area contributed by atoms with Gasteiger partial charge >= 0.3 is 0 Å². The molecule has 9 nitrogen and oxygen atoms in total. The number of aromatic nitrogens is 1. The van der Waals surface area contributed by atoms with E-state index in [1.807, 2.05) is 36.4 Å². The summed E-state index contributed by atoms with van der Waals surface area (Å²) in [5, 5.41) is 0.648. The van der Waals surface area contributed by atoms with Crippen molar-refractivity contribution in [2.45, 2.75) is 11.3 Å². The average Bonchev–Trinajstić information content (AvgIpc) is 3.09. The summed E-state index contributed by atoms with van der Waals surface area (Å²) in [6.45, 7) is 5.84. The number of benzene rings is 4. The zero-order valence-electron chi connectivity index (χ0n) is 26.4. The minimum absolute atomic E-state index is 0.00953. The molecule has 6 rings (SSSR count). The third-order valence-corrected chi connectivity index (χ3v) is 8.92. The lowest BCUT2D eigenvalue weighted by Crippen LogP contribution is -2.44. The number of para-hydroxylation sites is 1. The number of hydrogen-bond acceptors (Lipinski definition) is 9. The van der Waals surface area contributed by atoms with Crippen LogP contribution in [-0.4, -0.2) is 72.8 Å². The van der Waals surface area contributed by atoms with Crippen molar-refractivity contribution >= 4 is 28.0 Å². The highest BCUT2D eigenvalue weighted by atomic mass is 32.2. The van der Waals surface area contributed by atoms with Crippen molar-refractivity contribution in [3.05, 3.63) is 103 Å². The lowest BCUT2D eigenvalue weighted by molar-refractivity contribution is 0.145. The molecule has 47 heavy (non-hydrogen) atoms. The number of halogens is 1. The van der Waals surface area contributed by atoms with Crippen LogP contribution < -0.4 is 23.7 Å². The molecule has 244 valence electrons. The quantitative estimate of drug-likeness (QED) is 0.105. The molecule has 4 aromatic carbocycles. The summed E-state index contributed by atoms with van der Waals surface area (Å²) >= 11 is -1.66. The van der Waals surface area contributed by atoms with Gasteiger partial charge < -0.3 is 33.3 Å². The first kappa shape index (κ1) is 32.4. The summed E-state index contributed by atoms with van der Waals surface area (Å²) in [7, 11) is 3.73. The van der Waals surface area contributed by atoms with Crippen molar-refractivity contribution in [1.29, 1.82) is 0 Å². The minimum atomic E-state index is -1.66. The second-order valence-corrected chi connectivity index (χ2v) is 12.4. The number of methoxy groups -OCH3 is 1. The molecule has 0 aliphatic carbocycles. The van der Waals surface area contributed by atoms with Crippen molar-refractivity contribution in [2.75, 3.05) is 58.2 Å². The van der Waals surface area contributed by atoms with Gasteiger partial charge in [-0.15, -0.1) is 0 Å². The standard InChI is InChI=1S/C36H37FN4O5S/c1-40-17-19-41(20-18-40)16-7-21-44-36-25-32-30(24-35(36)43-2)33(14-15-38-32)46-34-13-12-26(22-31(34)37)39-47(42)29-11-6-10-28(23-29)45-27-8-4-3-5-9-27/h3-6,8-15,22-25,39H,7,16-21H2,1-2H3. The number of likely N-dealkylation sites (N-methyl/N-ethyl adjacent to an activating group) is 1. The lowest BCUT2D eigenvalue weighted by atomic mass is 10.1. The lowest BCUT2D eigenvalue weighted by Gasteiger charge is -2.32. The fourth-order valence-corrected chi connectivity index (χ4v) is 6.12. The molecule has 0 saturated carbocycles. The smallest absolute Gasteiger partial charge is 0.183 e. The Bertz CT molecular complexity index is 1790. The Labute approximate surface area is 277 Å². The number of hydrogen-bond donors (Lipinski definition) is 1.